The summed E-state index contributed by atoms with van der Waals surface area (Å²) in [6.45, 7) is 7.91. The van der Waals surface area contributed by atoms with E-state index in [1.54, 1.807) is 6.08 Å². The zero-order valence-electron chi connectivity index (χ0n) is 10.2. The highest BCUT2D eigenvalue weighted by Gasteiger charge is 2.69. The van der Waals surface area contributed by atoms with Gasteiger partial charge in [-0.2, -0.15) is 0 Å². The van der Waals surface area contributed by atoms with Crippen LogP contribution in [0.1, 0.15) is 30.9 Å². The molecule has 0 spiro atoms. The van der Waals surface area contributed by atoms with Crippen LogP contribution in [-0.2, 0) is 10.2 Å². The first-order chi connectivity index (χ1) is 8.03. The summed E-state index contributed by atoms with van der Waals surface area (Å²) in [6.07, 6.45) is 2.96. The van der Waals surface area contributed by atoms with Gasteiger partial charge in [-0.05, 0) is 18.6 Å². The van der Waals surface area contributed by atoms with Gasteiger partial charge in [-0.25, -0.2) is 0 Å². The number of ketones is 1. The molecule has 1 fully saturated rings. The summed E-state index contributed by atoms with van der Waals surface area (Å²) in [5.74, 6) is 1.08. The number of carbonyl (C=O) groups excluding carboxylic acids is 1. The zero-order valence-corrected chi connectivity index (χ0v) is 10.2. The van der Waals surface area contributed by atoms with Crippen LogP contribution in [0.2, 0.25) is 0 Å². The molecular formula is C15H16O2. The molecule has 17 heavy (non-hydrogen) atoms. The topological polar surface area (TPSA) is 26.3 Å². The number of benzene rings is 1. The van der Waals surface area contributed by atoms with Crippen molar-refractivity contribution in [3.63, 3.8) is 0 Å². The Morgan fingerprint density at radius 1 is 1.53 bits per heavy atom. The summed E-state index contributed by atoms with van der Waals surface area (Å²) in [7, 11) is 0. The lowest BCUT2D eigenvalue weighted by Gasteiger charge is -2.49. The van der Waals surface area contributed by atoms with Gasteiger partial charge < -0.3 is 4.74 Å². The maximum absolute atomic E-state index is 12.0. The van der Waals surface area contributed by atoms with E-state index in [2.05, 4.69) is 25.6 Å². The van der Waals surface area contributed by atoms with Gasteiger partial charge in [0.15, 0.2) is 11.4 Å². The maximum Gasteiger partial charge on any atom is 0.180 e. The second kappa shape index (κ2) is 3.00. The number of hydrogen-bond acceptors (Lipinski definition) is 2. The number of ether oxygens (including phenoxy) is 1. The van der Waals surface area contributed by atoms with Crippen molar-refractivity contribution in [1.29, 1.82) is 0 Å². The van der Waals surface area contributed by atoms with Crippen molar-refractivity contribution in [3.05, 3.63) is 42.0 Å². The van der Waals surface area contributed by atoms with E-state index < -0.39 is 5.60 Å². The number of carbonyl (C=O) groups is 1. The highest BCUT2D eigenvalue weighted by Crippen LogP contribution is 2.60. The molecule has 3 rings (SSSR count). The molecule has 2 atom stereocenters. The van der Waals surface area contributed by atoms with Crippen LogP contribution in [-0.4, -0.2) is 11.4 Å². The Hall–Kier alpha value is -1.57. The van der Waals surface area contributed by atoms with Gasteiger partial charge in [0.2, 0.25) is 0 Å². The average Bonchev–Trinajstić information content (AvgIpc) is 2.45. The predicted octanol–water partition coefficient (Wildman–Crippen LogP) is 2.93. The Bertz CT molecular complexity index is 532. The zero-order chi connectivity index (χ0) is 12.3. The SMILES string of the molecule is C=CC[C@@]12Oc3cc(C)ccc3[C@]1(C)CC2=O. The molecule has 0 amide bonds. The second-order valence-electron chi connectivity index (χ2n) is 5.35. The van der Waals surface area contributed by atoms with Gasteiger partial charge in [-0.3, -0.25) is 4.79 Å². The fourth-order valence-corrected chi connectivity index (χ4v) is 3.23. The average molecular weight is 228 g/mol. The van der Waals surface area contributed by atoms with E-state index >= 15 is 0 Å². The van der Waals surface area contributed by atoms with Crippen LogP contribution in [0.15, 0.2) is 30.9 Å². The fraction of sp³-hybridized carbons (Fsp3) is 0.400. The first kappa shape index (κ1) is 10.6. The Morgan fingerprint density at radius 3 is 2.94 bits per heavy atom. The monoisotopic (exact) mass is 228 g/mol. The Labute approximate surface area is 101 Å². The number of Topliss-reactive ketones (excluding diaryl/α,β-unsaturated/α-hetero) is 1. The predicted molar refractivity (Wildman–Crippen MR) is 66.3 cm³/mol. The van der Waals surface area contributed by atoms with Gasteiger partial charge in [0.05, 0.1) is 5.41 Å². The molecule has 0 aromatic heterocycles. The summed E-state index contributed by atoms with van der Waals surface area (Å²) >= 11 is 0. The van der Waals surface area contributed by atoms with E-state index in [9.17, 15) is 4.79 Å². The van der Waals surface area contributed by atoms with E-state index in [4.69, 9.17) is 4.74 Å². The van der Waals surface area contributed by atoms with Crippen LogP contribution in [0.3, 0.4) is 0 Å². The highest BCUT2D eigenvalue weighted by atomic mass is 16.5. The summed E-state index contributed by atoms with van der Waals surface area (Å²) < 4.78 is 6.01. The Morgan fingerprint density at radius 2 is 2.29 bits per heavy atom. The third-order valence-corrected chi connectivity index (χ3v) is 4.30. The van der Waals surface area contributed by atoms with E-state index in [0.717, 1.165) is 11.3 Å². The minimum Gasteiger partial charge on any atom is -0.478 e. The van der Waals surface area contributed by atoms with Gasteiger partial charge in [0.1, 0.15) is 5.75 Å². The summed E-state index contributed by atoms with van der Waals surface area (Å²) in [5, 5.41) is 0. The van der Waals surface area contributed by atoms with Crippen LogP contribution in [0.25, 0.3) is 0 Å². The van der Waals surface area contributed by atoms with Crippen molar-refractivity contribution in [1.82, 2.24) is 0 Å². The van der Waals surface area contributed by atoms with Gasteiger partial charge in [-0.1, -0.05) is 25.1 Å². The lowest BCUT2D eigenvalue weighted by atomic mass is 9.54. The molecule has 88 valence electrons. The minimum absolute atomic E-state index is 0.165. The third-order valence-electron chi connectivity index (χ3n) is 4.30. The lowest BCUT2D eigenvalue weighted by molar-refractivity contribution is -0.155. The summed E-state index contributed by atoms with van der Waals surface area (Å²) in [4.78, 5) is 12.0. The Kier molecular flexibility index (Phi) is 1.87. The molecule has 1 saturated carbocycles. The largest absolute Gasteiger partial charge is 0.478 e. The quantitative estimate of drug-likeness (QED) is 0.727. The number of rotatable bonds is 2. The number of hydrogen-bond donors (Lipinski definition) is 0. The van der Waals surface area contributed by atoms with Gasteiger partial charge in [0, 0.05) is 18.4 Å². The molecule has 0 saturated heterocycles. The highest BCUT2D eigenvalue weighted by molar-refractivity contribution is 6.00. The number of fused-ring (bicyclic) bond motifs is 3. The molecule has 1 aromatic carbocycles. The lowest BCUT2D eigenvalue weighted by Crippen LogP contribution is -2.66. The van der Waals surface area contributed by atoms with Gasteiger partial charge in [0.25, 0.3) is 0 Å². The maximum atomic E-state index is 12.0. The Balaban J connectivity index is 2.16. The van der Waals surface area contributed by atoms with Crippen molar-refractivity contribution < 1.29 is 9.53 Å². The standard InChI is InChI=1S/C15H16O2/c1-4-7-15-13(16)9-14(15,3)11-6-5-10(2)8-12(11)17-15/h4-6,8H,1,7,9H2,2-3H3/t14-,15-/m0/s1. The molecule has 1 aliphatic carbocycles. The normalized spacial score (nSPS) is 33.4. The van der Waals surface area contributed by atoms with Crippen molar-refractivity contribution in [2.45, 2.75) is 37.7 Å². The van der Waals surface area contributed by atoms with Crippen molar-refractivity contribution >= 4 is 5.78 Å². The van der Waals surface area contributed by atoms with Crippen LogP contribution >= 0.6 is 0 Å². The second-order valence-corrected chi connectivity index (χ2v) is 5.35. The first-order valence-corrected chi connectivity index (χ1v) is 5.98. The smallest absolute Gasteiger partial charge is 0.180 e. The van der Waals surface area contributed by atoms with E-state index in [1.165, 1.54) is 5.56 Å². The van der Waals surface area contributed by atoms with Crippen LogP contribution in [0, 0.1) is 6.92 Å². The van der Waals surface area contributed by atoms with Crippen molar-refractivity contribution in [2.24, 2.45) is 0 Å². The molecule has 2 nitrogen and oxygen atoms in total. The van der Waals surface area contributed by atoms with E-state index in [1.807, 2.05) is 13.0 Å². The van der Waals surface area contributed by atoms with E-state index in [-0.39, 0.29) is 11.2 Å². The number of aryl methyl sites for hydroxylation is 1. The van der Waals surface area contributed by atoms with E-state index in [0.29, 0.717) is 12.8 Å². The minimum atomic E-state index is -0.676. The molecule has 0 unspecified atom stereocenters. The molecule has 1 aliphatic heterocycles. The molecule has 2 heteroatoms. The fourth-order valence-electron chi connectivity index (χ4n) is 3.23. The van der Waals surface area contributed by atoms with Crippen molar-refractivity contribution in [3.8, 4) is 5.75 Å². The third kappa shape index (κ3) is 1.03. The summed E-state index contributed by atoms with van der Waals surface area (Å²) in [5.41, 5.74) is 1.49. The molecule has 0 bridgehead atoms. The molecular weight excluding hydrogens is 212 g/mol. The summed E-state index contributed by atoms with van der Waals surface area (Å²) in [6, 6.07) is 6.21. The molecule has 2 aliphatic rings. The molecule has 1 aromatic rings. The van der Waals surface area contributed by atoms with Crippen LogP contribution < -0.4 is 4.74 Å². The van der Waals surface area contributed by atoms with Gasteiger partial charge in [-0.15, -0.1) is 6.58 Å². The van der Waals surface area contributed by atoms with Gasteiger partial charge >= 0.3 is 0 Å². The molecule has 0 N–H and O–H groups in total. The molecule has 0 radical (unpaired) electrons. The first-order valence-electron chi connectivity index (χ1n) is 5.98. The molecule has 1 heterocycles. The van der Waals surface area contributed by atoms with Crippen LogP contribution in [0.5, 0.6) is 5.75 Å². The van der Waals surface area contributed by atoms with Crippen LogP contribution in [0.4, 0.5) is 0 Å². The van der Waals surface area contributed by atoms with Crippen molar-refractivity contribution in [2.75, 3.05) is 0 Å².